The highest BCUT2D eigenvalue weighted by molar-refractivity contribution is 6.30. The lowest BCUT2D eigenvalue weighted by molar-refractivity contribution is 0.467. The molecule has 1 aromatic heterocycles. The maximum Gasteiger partial charge on any atom is 0.175 e. The molecule has 0 N–H and O–H groups in total. The van der Waals surface area contributed by atoms with Gasteiger partial charge < -0.3 is 0 Å². The Hall–Kier alpha value is -0.570. The second kappa shape index (κ2) is 4.30. The predicted molar refractivity (Wildman–Crippen MR) is 58.6 cm³/mol. The average molecular weight is 216 g/mol. The van der Waals surface area contributed by atoms with Gasteiger partial charge in [-0.15, -0.1) is 5.10 Å². The predicted octanol–water partition coefficient (Wildman–Crippen LogP) is 3.03. The molecular formula is C10H18ClN3. The van der Waals surface area contributed by atoms with Gasteiger partial charge in [0, 0.05) is 12.0 Å². The second-order valence-corrected chi connectivity index (χ2v) is 4.91. The summed E-state index contributed by atoms with van der Waals surface area (Å²) >= 11 is 6.01. The summed E-state index contributed by atoms with van der Waals surface area (Å²) in [5, 5.41) is 8.50. The molecule has 0 aliphatic rings. The van der Waals surface area contributed by atoms with Gasteiger partial charge in [-0.25, -0.2) is 4.68 Å². The fraction of sp³-hybridized carbons (Fsp3) is 0.800. The molecule has 14 heavy (non-hydrogen) atoms. The van der Waals surface area contributed by atoms with Gasteiger partial charge in [0.1, 0.15) is 0 Å². The van der Waals surface area contributed by atoms with Crippen molar-refractivity contribution in [3.8, 4) is 0 Å². The lowest BCUT2D eigenvalue weighted by Gasteiger charge is -2.19. The highest BCUT2D eigenvalue weighted by Gasteiger charge is 2.23. The van der Waals surface area contributed by atoms with Crippen molar-refractivity contribution in [2.45, 2.75) is 52.5 Å². The topological polar surface area (TPSA) is 30.7 Å². The maximum absolute atomic E-state index is 6.01. The summed E-state index contributed by atoms with van der Waals surface area (Å²) in [6.45, 7) is 9.44. The normalized spacial score (nSPS) is 12.1. The Morgan fingerprint density at radius 3 is 2.50 bits per heavy atom. The summed E-state index contributed by atoms with van der Waals surface area (Å²) in [5.74, 6) is 0. The van der Waals surface area contributed by atoms with Crippen LogP contribution in [0.25, 0.3) is 0 Å². The van der Waals surface area contributed by atoms with E-state index in [-0.39, 0.29) is 5.41 Å². The largest absolute Gasteiger partial charge is 0.247 e. The zero-order valence-electron chi connectivity index (χ0n) is 9.34. The van der Waals surface area contributed by atoms with Crippen LogP contribution >= 0.6 is 11.6 Å². The number of unbranched alkanes of at least 4 members (excludes halogenated alkanes) is 1. The van der Waals surface area contributed by atoms with E-state index < -0.39 is 0 Å². The number of rotatable bonds is 3. The summed E-state index contributed by atoms with van der Waals surface area (Å²) in [5.41, 5.74) is 1.04. The van der Waals surface area contributed by atoms with Crippen LogP contribution in [0.5, 0.6) is 0 Å². The van der Waals surface area contributed by atoms with Gasteiger partial charge in [0.15, 0.2) is 5.15 Å². The molecular weight excluding hydrogens is 198 g/mol. The number of hydrogen-bond donors (Lipinski definition) is 0. The summed E-state index contributed by atoms with van der Waals surface area (Å²) in [6, 6.07) is 0. The van der Waals surface area contributed by atoms with Crippen LogP contribution in [0.4, 0.5) is 0 Å². The van der Waals surface area contributed by atoms with E-state index in [2.05, 4.69) is 38.0 Å². The molecule has 0 unspecified atom stereocenters. The van der Waals surface area contributed by atoms with E-state index in [0.717, 1.165) is 25.1 Å². The van der Waals surface area contributed by atoms with E-state index in [0.29, 0.717) is 5.15 Å². The summed E-state index contributed by atoms with van der Waals surface area (Å²) in [4.78, 5) is 0. The standard InChI is InChI=1S/C10H18ClN3/c1-5-6-7-14-8(10(2,3)4)9(11)12-13-14/h5-7H2,1-4H3. The van der Waals surface area contributed by atoms with Crippen molar-refractivity contribution in [3.63, 3.8) is 0 Å². The zero-order chi connectivity index (χ0) is 10.8. The first-order chi connectivity index (χ1) is 6.46. The van der Waals surface area contributed by atoms with Gasteiger partial charge in [-0.2, -0.15) is 0 Å². The molecule has 1 heterocycles. The molecule has 0 aromatic carbocycles. The molecule has 0 saturated heterocycles. The Morgan fingerprint density at radius 1 is 1.36 bits per heavy atom. The molecule has 0 aliphatic heterocycles. The minimum atomic E-state index is 0.00826. The number of aryl methyl sites for hydroxylation is 1. The van der Waals surface area contributed by atoms with Gasteiger partial charge >= 0.3 is 0 Å². The van der Waals surface area contributed by atoms with Crippen LogP contribution in [0.15, 0.2) is 0 Å². The first-order valence-corrected chi connectivity index (χ1v) is 5.44. The fourth-order valence-electron chi connectivity index (χ4n) is 1.45. The Balaban J connectivity index is 2.95. The van der Waals surface area contributed by atoms with Gasteiger partial charge in [0.25, 0.3) is 0 Å². The van der Waals surface area contributed by atoms with Crippen LogP contribution in [0.1, 0.15) is 46.2 Å². The Labute approximate surface area is 90.4 Å². The van der Waals surface area contributed by atoms with Crippen LogP contribution in [-0.4, -0.2) is 15.0 Å². The van der Waals surface area contributed by atoms with Crippen LogP contribution < -0.4 is 0 Å². The molecule has 0 aliphatic carbocycles. The molecule has 1 aromatic rings. The average Bonchev–Trinajstić information content (AvgIpc) is 2.42. The van der Waals surface area contributed by atoms with Crippen molar-refractivity contribution in [2.75, 3.05) is 0 Å². The van der Waals surface area contributed by atoms with Gasteiger partial charge in [0.05, 0.1) is 5.69 Å². The van der Waals surface area contributed by atoms with Gasteiger partial charge in [-0.1, -0.05) is 50.9 Å². The molecule has 0 atom stereocenters. The minimum absolute atomic E-state index is 0.00826. The van der Waals surface area contributed by atoms with Crippen molar-refractivity contribution in [1.29, 1.82) is 0 Å². The number of aromatic nitrogens is 3. The Bertz CT molecular complexity index is 299. The fourth-order valence-corrected chi connectivity index (χ4v) is 1.87. The third-order valence-electron chi connectivity index (χ3n) is 2.13. The molecule has 0 radical (unpaired) electrons. The monoisotopic (exact) mass is 215 g/mol. The van der Waals surface area contributed by atoms with Gasteiger partial charge in [-0.05, 0) is 6.42 Å². The Kier molecular flexibility index (Phi) is 3.53. The SMILES string of the molecule is CCCCn1nnc(Cl)c1C(C)(C)C. The van der Waals surface area contributed by atoms with Gasteiger partial charge in [-0.3, -0.25) is 0 Å². The summed E-state index contributed by atoms with van der Waals surface area (Å²) < 4.78 is 1.92. The molecule has 0 amide bonds. The number of hydrogen-bond acceptors (Lipinski definition) is 2. The quantitative estimate of drug-likeness (QED) is 0.776. The molecule has 0 fully saturated rings. The maximum atomic E-state index is 6.01. The van der Waals surface area contributed by atoms with E-state index in [1.807, 2.05) is 4.68 Å². The smallest absolute Gasteiger partial charge is 0.175 e. The molecule has 1 rings (SSSR count). The van der Waals surface area contributed by atoms with E-state index in [1.165, 1.54) is 0 Å². The van der Waals surface area contributed by atoms with Gasteiger partial charge in [0.2, 0.25) is 0 Å². The van der Waals surface area contributed by atoms with Crippen LogP contribution in [-0.2, 0) is 12.0 Å². The van der Waals surface area contributed by atoms with Crippen molar-refractivity contribution in [2.24, 2.45) is 0 Å². The summed E-state index contributed by atoms with van der Waals surface area (Å²) in [7, 11) is 0. The third kappa shape index (κ3) is 2.47. The van der Waals surface area contributed by atoms with Crippen LogP contribution in [0.3, 0.4) is 0 Å². The highest BCUT2D eigenvalue weighted by Crippen LogP contribution is 2.27. The lowest BCUT2D eigenvalue weighted by Crippen LogP contribution is -2.19. The number of nitrogens with zero attached hydrogens (tertiary/aromatic N) is 3. The van der Waals surface area contributed by atoms with Crippen molar-refractivity contribution in [1.82, 2.24) is 15.0 Å². The highest BCUT2D eigenvalue weighted by atomic mass is 35.5. The molecule has 3 nitrogen and oxygen atoms in total. The summed E-state index contributed by atoms with van der Waals surface area (Å²) in [6.07, 6.45) is 2.27. The van der Waals surface area contributed by atoms with E-state index in [1.54, 1.807) is 0 Å². The van der Waals surface area contributed by atoms with Crippen molar-refractivity contribution < 1.29 is 0 Å². The number of halogens is 1. The molecule has 0 spiro atoms. The second-order valence-electron chi connectivity index (χ2n) is 4.56. The lowest BCUT2D eigenvalue weighted by atomic mass is 9.92. The van der Waals surface area contributed by atoms with Crippen LogP contribution in [0, 0.1) is 0 Å². The zero-order valence-corrected chi connectivity index (χ0v) is 10.1. The molecule has 80 valence electrons. The third-order valence-corrected chi connectivity index (χ3v) is 2.38. The first-order valence-electron chi connectivity index (χ1n) is 5.06. The molecule has 4 heteroatoms. The van der Waals surface area contributed by atoms with Crippen molar-refractivity contribution >= 4 is 11.6 Å². The minimum Gasteiger partial charge on any atom is -0.247 e. The first kappa shape index (κ1) is 11.5. The van der Waals surface area contributed by atoms with Crippen molar-refractivity contribution in [3.05, 3.63) is 10.8 Å². The van der Waals surface area contributed by atoms with E-state index in [4.69, 9.17) is 11.6 Å². The van der Waals surface area contributed by atoms with E-state index in [9.17, 15) is 0 Å². The Morgan fingerprint density at radius 2 is 2.00 bits per heavy atom. The molecule has 0 saturated carbocycles. The van der Waals surface area contributed by atoms with E-state index >= 15 is 0 Å². The molecule has 0 bridgehead atoms. The van der Waals surface area contributed by atoms with Crippen LogP contribution in [0.2, 0.25) is 5.15 Å².